The molecule has 0 spiro atoms. The van der Waals surface area contributed by atoms with Crippen molar-refractivity contribution in [3.05, 3.63) is 69.9 Å². The Labute approximate surface area is 129 Å². The van der Waals surface area contributed by atoms with Crippen molar-refractivity contribution in [1.29, 1.82) is 0 Å². The number of hydrogen-bond donors (Lipinski definition) is 1. The summed E-state index contributed by atoms with van der Waals surface area (Å²) in [7, 11) is 0. The van der Waals surface area contributed by atoms with Crippen LogP contribution in [-0.4, -0.2) is 5.11 Å². The predicted molar refractivity (Wildman–Crippen MR) is 91.0 cm³/mol. The molecule has 1 aromatic heterocycles. The predicted octanol–water partition coefficient (Wildman–Crippen LogP) is 5.28. The van der Waals surface area contributed by atoms with Crippen LogP contribution in [-0.2, 0) is 5.41 Å². The highest BCUT2D eigenvalue weighted by molar-refractivity contribution is 7.12. The third-order valence-electron chi connectivity index (χ3n) is 3.75. The zero-order valence-electron chi connectivity index (χ0n) is 12.6. The third-order valence-corrected chi connectivity index (χ3v) is 5.32. The van der Waals surface area contributed by atoms with Gasteiger partial charge in [0.15, 0.2) is 0 Å². The lowest BCUT2D eigenvalue weighted by molar-refractivity contribution is 0.226. The normalized spacial score (nSPS) is 13.5. The van der Waals surface area contributed by atoms with Crippen LogP contribution in [0.1, 0.15) is 42.2 Å². The monoisotopic (exact) mass is 296 g/mol. The SMILES string of the molecule is CC(C)(C)c1ccc(C(O)c2cccc3ccccc23)s1. The van der Waals surface area contributed by atoms with E-state index in [0.29, 0.717) is 0 Å². The summed E-state index contributed by atoms with van der Waals surface area (Å²) in [5, 5.41) is 13.1. The number of fused-ring (bicyclic) bond motifs is 1. The summed E-state index contributed by atoms with van der Waals surface area (Å²) in [4.78, 5) is 2.31. The summed E-state index contributed by atoms with van der Waals surface area (Å²) in [5.41, 5.74) is 1.11. The molecule has 1 unspecified atom stereocenters. The molecular formula is C19H20OS. The van der Waals surface area contributed by atoms with Crippen molar-refractivity contribution in [1.82, 2.24) is 0 Å². The lowest BCUT2D eigenvalue weighted by Crippen LogP contribution is -2.07. The quantitative estimate of drug-likeness (QED) is 0.682. The van der Waals surface area contributed by atoms with Gasteiger partial charge in [0.1, 0.15) is 6.10 Å². The van der Waals surface area contributed by atoms with Crippen LogP contribution < -0.4 is 0 Å². The van der Waals surface area contributed by atoms with E-state index in [4.69, 9.17) is 0 Å². The van der Waals surface area contributed by atoms with Gasteiger partial charge < -0.3 is 5.11 Å². The molecule has 2 aromatic carbocycles. The average molecular weight is 296 g/mol. The minimum absolute atomic E-state index is 0.126. The molecule has 3 rings (SSSR count). The number of thiophene rings is 1. The summed E-state index contributed by atoms with van der Waals surface area (Å²) in [5.74, 6) is 0. The Kier molecular flexibility index (Phi) is 3.60. The molecule has 1 N–H and O–H groups in total. The first-order chi connectivity index (χ1) is 9.97. The van der Waals surface area contributed by atoms with Crippen LogP contribution in [0.15, 0.2) is 54.6 Å². The van der Waals surface area contributed by atoms with Crippen LogP contribution in [0.4, 0.5) is 0 Å². The Hall–Kier alpha value is -1.64. The number of benzene rings is 2. The molecule has 1 heterocycles. The number of aliphatic hydroxyl groups excluding tert-OH is 1. The molecule has 0 radical (unpaired) electrons. The van der Waals surface area contributed by atoms with E-state index in [2.05, 4.69) is 51.1 Å². The summed E-state index contributed by atoms with van der Waals surface area (Å²) in [6.07, 6.45) is -0.558. The maximum Gasteiger partial charge on any atom is 0.114 e. The Balaban J connectivity index is 2.05. The second-order valence-electron chi connectivity index (χ2n) is 6.42. The highest BCUT2D eigenvalue weighted by Crippen LogP contribution is 2.36. The Bertz CT molecular complexity index is 759. The van der Waals surface area contributed by atoms with Crippen LogP contribution >= 0.6 is 11.3 Å². The minimum atomic E-state index is -0.558. The molecule has 0 fully saturated rings. The maximum absolute atomic E-state index is 10.8. The molecule has 1 atom stereocenters. The molecule has 0 aliphatic carbocycles. The maximum atomic E-state index is 10.8. The number of aliphatic hydroxyl groups is 1. The van der Waals surface area contributed by atoms with Gasteiger partial charge in [-0.1, -0.05) is 63.2 Å². The van der Waals surface area contributed by atoms with Gasteiger partial charge in [-0.2, -0.15) is 0 Å². The summed E-state index contributed by atoms with van der Waals surface area (Å²) >= 11 is 1.70. The molecule has 0 amide bonds. The van der Waals surface area contributed by atoms with Crippen LogP contribution in [0.25, 0.3) is 10.8 Å². The first-order valence-corrected chi connectivity index (χ1v) is 8.04. The van der Waals surface area contributed by atoms with Gasteiger partial charge in [0.25, 0.3) is 0 Å². The largest absolute Gasteiger partial charge is 0.383 e. The van der Waals surface area contributed by atoms with E-state index in [1.54, 1.807) is 11.3 Å². The molecule has 1 nitrogen and oxygen atoms in total. The smallest absolute Gasteiger partial charge is 0.114 e. The number of rotatable bonds is 2. The first-order valence-electron chi connectivity index (χ1n) is 7.23. The molecule has 0 bridgehead atoms. The van der Waals surface area contributed by atoms with E-state index in [1.807, 2.05) is 24.3 Å². The van der Waals surface area contributed by atoms with Gasteiger partial charge >= 0.3 is 0 Å². The molecule has 0 aliphatic heterocycles. The van der Waals surface area contributed by atoms with Crippen molar-refractivity contribution >= 4 is 22.1 Å². The number of hydrogen-bond acceptors (Lipinski definition) is 2. The topological polar surface area (TPSA) is 20.2 Å². The van der Waals surface area contributed by atoms with Crippen molar-refractivity contribution in [3.63, 3.8) is 0 Å². The lowest BCUT2D eigenvalue weighted by atomic mass is 9.95. The summed E-state index contributed by atoms with van der Waals surface area (Å²) < 4.78 is 0. The van der Waals surface area contributed by atoms with Gasteiger partial charge in [-0.05, 0) is 33.9 Å². The molecular weight excluding hydrogens is 276 g/mol. The highest BCUT2D eigenvalue weighted by atomic mass is 32.1. The standard InChI is InChI=1S/C19H20OS/c1-19(2,3)17-12-11-16(21-17)18(20)15-10-6-8-13-7-4-5-9-14(13)15/h4-12,18,20H,1-3H3. The van der Waals surface area contributed by atoms with Gasteiger partial charge in [-0.25, -0.2) is 0 Å². The van der Waals surface area contributed by atoms with Crippen LogP contribution in [0.2, 0.25) is 0 Å². The molecule has 0 saturated carbocycles. The zero-order chi connectivity index (χ0) is 15.0. The summed E-state index contributed by atoms with van der Waals surface area (Å²) in [6.45, 7) is 6.60. The minimum Gasteiger partial charge on any atom is -0.383 e. The molecule has 0 saturated heterocycles. The first kappa shape index (κ1) is 14.3. The van der Waals surface area contributed by atoms with E-state index in [-0.39, 0.29) is 5.41 Å². The van der Waals surface area contributed by atoms with Crippen molar-refractivity contribution in [2.45, 2.75) is 32.3 Å². The Morgan fingerprint density at radius 3 is 2.33 bits per heavy atom. The molecule has 3 aromatic rings. The highest BCUT2D eigenvalue weighted by Gasteiger charge is 2.20. The van der Waals surface area contributed by atoms with Crippen LogP contribution in [0, 0.1) is 0 Å². The fourth-order valence-corrected chi connectivity index (χ4v) is 3.62. The van der Waals surface area contributed by atoms with E-state index in [0.717, 1.165) is 15.8 Å². The van der Waals surface area contributed by atoms with Crippen molar-refractivity contribution in [3.8, 4) is 0 Å². The van der Waals surface area contributed by atoms with Crippen LogP contribution in [0.3, 0.4) is 0 Å². The second-order valence-corrected chi connectivity index (χ2v) is 7.54. The molecule has 108 valence electrons. The average Bonchev–Trinajstić information content (AvgIpc) is 2.96. The molecule has 0 aliphatic rings. The fraction of sp³-hybridized carbons (Fsp3) is 0.263. The van der Waals surface area contributed by atoms with Gasteiger partial charge in [0, 0.05) is 9.75 Å². The van der Waals surface area contributed by atoms with Gasteiger partial charge in [0.05, 0.1) is 0 Å². The molecule has 21 heavy (non-hydrogen) atoms. The van der Waals surface area contributed by atoms with Gasteiger partial charge in [0.2, 0.25) is 0 Å². The van der Waals surface area contributed by atoms with Gasteiger partial charge in [-0.3, -0.25) is 0 Å². The Morgan fingerprint density at radius 2 is 1.62 bits per heavy atom. The van der Waals surface area contributed by atoms with Gasteiger partial charge in [-0.15, -0.1) is 11.3 Å². The van der Waals surface area contributed by atoms with E-state index in [1.165, 1.54) is 10.3 Å². The van der Waals surface area contributed by atoms with Crippen molar-refractivity contribution in [2.75, 3.05) is 0 Å². The Morgan fingerprint density at radius 1 is 0.905 bits per heavy atom. The molecule has 2 heteroatoms. The third kappa shape index (κ3) is 2.74. The lowest BCUT2D eigenvalue weighted by Gasteiger charge is -2.16. The fourth-order valence-electron chi connectivity index (χ4n) is 2.55. The van der Waals surface area contributed by atoms with E-state index < -0.39 is 6.10 Å². The van der Waals surface area contributed by atoms with E-state index in [9.17, 15) is 5.11 Å². The summed E-state index contributed by atoms with van der Waals surface area (Å²) in [6, 6.07) is 18.5. The van der Waals surface area contributed by atoms with Crippen molar-refractivity contribution in [2.24, 2.45) is 0 Å². The van der Waals surface area contributed by atoms with Crippen molar-refractivity contribution < 1.29 is 5.11 Å². The van der Waals surface area contributed by atoms with Crippen LogP contribution in [0.5, 0.6) is 0 Å². The zero-order valence-corrected chi connectivity index (χ0v) is 13.4. The second kappa shape index (κ2) is 5.28. The van der Waals surface area contributed by atoms with E-state index >= 15 is 0 Å².